The fourth-order valence-corrected chi connectivity index (χ4v) is 1.21. The van der Waals surface area contributed by atoms with E-state index in [2.05, 4.69) is 36.5 Å². The van der Waals surface area contributed by atoms with Crippen molar-refractivity contribution in [2.75, 3.05) is 0 Å². The van der Waals surface area contributed by atoms with Crippen LogP contribution in [0, 0.1) is 6.08 Å². The molecule has 0 nitrogen and oxygen atoms in total. The Morgan fingerprint density at radius 3 is 2.42 bits per heavy atom. The van der Waals surface area contributed by atoms with Gasteiger partial charge in [0.25, 0.3) is 0 Å². The van der Waals surface area contributed by atoms with E-state index in [0.29, 0.717) is 0 Å². The molecule has 0 aliphatic heterocycles. The molecule has 0 spiro atoms. The molecule has 1 radical (unpaired) electrons. The van der Waals surface area contributed by atoms with Gasteiger partial charge >= 0.3 is 0 Å². The summed E-state index contributed by atoms with van der Waals surface area (Å²) in [6.07, 6.45) is 21.5. The van der Waals surface area contributed by atoms with E-state index in [-0.39, 0.29) is 0 Å². The van der Waals surface area contributed by atoms with E-state index in [4.69, 9.17) is 0 Å². The van der Waals surface area contributed by atoms with Gasteiger partial charge in [-0.3, -0.25) is 0 Å². The van der Waals surface area contributed by atoms with E-state index >= 15 is 0 Å². The Morgan fingerprint density at radius 1 is 0.833 bits per heavy atom. The van der Waals surface area contributed by atoms with Crippen LogP contribution in [0.4, 0.5) is 0 Å². The predicted octanol–water partition coefficient (Wildman–Crippen LogP) is 3.81. The molecule has 0 N–H and O–H groups in total. The lowest BCUT2D eigenvalue weighted by molar-refractivity contribution is 0.826. The van der Waals surface area contributed by atoms with Crippen LogP contribution in [0.2, 0.25) is 0 Å². The van der Waals surface area contributed by atoms with Crippen LogP contribution >= 0.6 is 0 Å². The highest BCUT2D eigenvalue weighted by Gasteiger charge is 1.84. The summed E-state index contributed by atoms with van der Waals surface area (Å²) in [5.74, 6) is 0. The summed E-state index contributed by atoms with van der Waals surface area (Å²) in [5.41, 5.74) is 0. The highest BCUT2D eigenvalue weighted by Crippen LogP contribution is 2.03. The summed E-state index contributed by atoms with van der Waals surface area (Å²) in [5, 5.41) is 0. The van der Waals surface area contributed by atoms with Gasteiger partial charge in [-0.1, -0.05) is 30.4 Å². The van der Waals surface area contributed by atoms with Crippen molar-refractivity contribution in [2.45, 2.75) is 38.5 Å². The molecule has 0 heteroatoms. The molecule has 0 fully saturated rings. The quantitative estimate of drug-likeness (QED) is 0.506. The summed E-state index contributed by atoms with van der Waals surface area (Å²) >= 11 is 0. The first-order chi connectivity index (χ1) is 6.00. The zero-order chi connectivity index (χ0) is 8.49. The summed E-state index contributed by atoms with van der Waals surface area (Å²) < 4.78 is 0. The second-order valence-electron chi connectivity index (χ2n) is 3.09. The van der Waals surface area contributed by atoms with E-state index in [1.54, 1.807) is 0 Å². The maximum absolute atomic E-state index is 3.32. The first-order valence-corrected chi connectivity index (χ1v) is 4.87. The summed E-state index contributed by atoms with van der Waals surface area (Å²) in [6.45, 7) is 0. The van der Waals surface area contributed by atoms with Gasteiger partial charge in [0.05, 0.1) is 0 Å². The Kier molecular flexibility index (Phi) is 5.35. The van der Waals surface area contributed by atoms with Gasteiger partial charge in [-0.2, -0.15) is 0 Å². The molecule has 0 bridgehead atoms. The largest absolute Gasteiger partial charge is 0.0845 e. The predicted molar refractivity (Wildman–Crippen MR) is 53.8 cm³/mol. The third-order valence-electron chi connectivity index (χ3n) is 1.94. The van der Waals surface area contributed by atoms with Crippen molar-refractivity contribution in [2.24, 2.45) is 0 Å². The number of hydrogen-bond acceptors (Lipinski definition) is 0. The zero-order valence-corrected chi connectivity index (χ0v) is 7.63. The van der Waals surface area contributed by atoms with Gasteiger partial charge < -0.3 is 0 Å². The fourth-order valence-electron chi connectivity index (χ4n) is 1.21. The van der Waals surface area contributed by atoms with Gasteiger partial charge in [-0.05, 0) is 44.6 Å². The smallest absolute Gasteiger partial charge is 0.0276 e. The first-order valence-electron chi connectivity index (χ1n) is 4.87. The van der Waals surface area contributed by atoms with Crippen LogP contribution in [0.3, 0.4) is 0 Å². The molecule has 12 heavy (non-hydrogen) atoms. The molecule has 0 heterocycles. The van der Waals surface area contributed by atoms with Gasteiger partial charge in [0.2, 0.25) is 0 Å². The lowest BCUT2D eigenvalue weighted by Crippen LogP contribution is -1.73. The monoisotopic (exact) mass is 161 g/mol. The zero-order valence-electron chi connectivity index (χ0n) is 7.63. The van der Waals surface area contributed by atoms with Crippen LogP contribution in [0.1, 0.15) is 38.5 Å². The second-order valence-corrected chi connectivity index (χ2v) is 3.09. The Hall–Kier alpha value is -0.780. The summed E-state index contributed by atoms with van der Waals surface area (Å²) in [7, 11) is 0. The number of allylic oxidation sites excluding steroid dienone is 6. The van der Waals surface area contributed by atoms with Crippen molar-refractivity contribution in [3.8, 4) is 0 Å². The maximum Gasteiger partial charge on any atom is -0.0276 e. The summed E-state index contributed by atoms with van der Waals surface area (Å²) in [6, 6.07) is 0. The van der Waals surface area contributed by atoms with E-state index in [9.17, 15) is 0 Å². The Bertz CT molecular complexity index is 152. The minimum atomic E-state index is 1.12. The van der Waals surface area contributed by atoms with Crippen LogP contribution in [-0.2, 0) is 0 Å². The molecular weight excluding hydrogens is 144 g/mol. The highest BCUT2D eigenvalue weighted by molar-refractivity contribution is 5.02. The van der Waals surface area contributed by atoms with E-state index in [1.807, 2.05) is 0 Å². The minimum absolute atomic E-state index is 1.12. The van der Waals surface area contributed by atoms with E-state index in [0.717, 1.165) is 6.42 Å². The normalized spacial score (nSPS) is 20.0. The van der Waals surface area contributed by atoms with Crippen molar-refractivity contribution in [3.05, 3.63) is 36.5 Å². The Morgan fingerprint density at radius 2 is 1.58 bits per heavy atom. The number of hydrogen-bond donors (Lipinski definition) is 0. The average molecular weight is 161 g/mol. The molecule has 0 amide bonds. The van der Waals surface area contributed by atoms with Crippen LogP contribution < -0.4 is 0 Å². The third-order valence-corrected chi connectivity index (χ3v) is 1.94. The lowest BCUT2D eigenvalue weighted by atomic mass is 10.1. The van der Waals surface area contributed by atoms with Gasteiger partial charge in [0.1, 0.15) is 0 Å². The van der Waals surface area contributed by atoms with Gasteiger partial charge in [0, 0.05) is 0 Å². The molecule has 65 valence electrons. The molecule has 0 aromatic heterocycles. The minimum Gasteiger partial charge on any atom is -0.0845 e. The van der Waals surface area contributed by atoms with Crippen molar-refractivity contribution >= 4 is 0 Å². The average Bonchev–Trinajstić information content (AvgIpc) is 2.05. The molecule has 0 saturated carbocycles. The summed E-state index contributed by atoms with van der Waals surface area (Å²) in [4.78, 5) is 0. The topological polar surface area (TPSA) is 0 Å². The van der Waals surface area contributed by atoms with Crippen molar-refractivity contribution in [3.63, 3.8) is 0 Å². The SMILES string of the molecule is [C]1=CCCCC=CC=CCCC1. The standard InChI is InChI=1S/C12H17/c1-2-4-6-8-10-12-11-9-7-5-3-1/h1-4,11H,5-10H2. The Labute approximate surface area is 75.7 Å². The highest BCUT2D eigenvalue weighted by atomic mass is 13.9. The van der Waals surface area contributed by atoms with Crippen LogP contribution in [0.5, 0.6) is 0 Å². The molecular formula is C12H17. The molecule has 1 aliphatic rings. The second kappa shape index (κ2) is 6.90. The van der Waals surface area contributed by atoms with E-state index in [1.165, 1.54) is 32.1 Å². The molecule has 0 unspecified atom stereocenters. The van der Waals surface area contributed by atoms with Gasteiger partial charge in [0.15, 0.2) is 0 Å². The molecule has 0 atom stereocenters. The molecule has 1 rings (SSSR count). The Balaban J connectivity index is 2.30. The van der Waals surface area contributed by atoms with E-state index < -0.39 is 0 Å². The van der Waals surface area contributed by atoms with Crippen LogP contribution in [0.15, 0.2) is 30.4 Å². The van der Waals surface area contributed by atoms with Crippen molar-refractivity contribution in [1.29, 1.82) is 0 Å². The maximum atomic E-state index is 3.32. The van der Waals surface area contributed by atoms with Crippen molar-refractivity contribution < 1.29 is 0 Å². The lowest BCUT2D eigenvalue weighted by Gasteiger charge is -1.93. The molecule has 0 aromatic carbocycles. The van der Waals surface area contributed by atoms with Gasteiger partial charge in [-0.25, -0.2) is 0 Å². The fraction of sp³-hybridized carbons (Fsp3) is 0.500. The van der Waals surface area contributed by atoms with Gasteiger partial charge in [-0.15, -0.1) is 0 Å². The van der Waals surface area contributed by atoms with Crippen LogP contribution in [-0.4, -0.2) is 0 Å². The third kappa shape index (κ3) is 4.95. The molecule has 0 saturated heterocycles. The van der Waals surface area contributed by atoms with Crippen molar-refractivity contribution in [1.82, 2.24) is 0 Å². The molecule has 1 aliphatic carbocycles. The van der Waals surface area contributed by atoms with Crippen LogP contribution in [0.25, 0.3) is 0 Å². The first kappa shape index (κ1) is 9.31. The molecule has 0 aromatic rings. The number of rotatable bonds is 0.